The van der Waals surface area contributed by atoms with E-state index in [-0.39, 0.29) is 6.04 Å². The molecule has 1 aromatic carbocycles. The van der Waals surface area contributed by atoms with Gasteiger partial charge in [-0.15, -0.1) is 0 Å². The van der Waals surface area contributed by atoms with Crippen LogP contribution in [0.4, 0.5) is 0 Å². The van der Waals surface area contributed by atoms with Gasteiger partial charge in [0.25, 0.3) is 0 Å². The lowest BCUT2D eigenvalue weighted by molar-refractivity contribution is -0.144. The Labute approximate surface area is 124 Å². The molecule has 0 amide bonds. The number of carboxylic acids is 1. The van der Waals surface area contributed by atoms with Crippen LogP contribution in [0.2, 0.25) is 0 Å². The lowest BCUT2D eigenvalue weighted by Gasteiger charge is -2.36. The molecule has 2 unspecified atom stereocenters. The largest absolute Gasteiger partial charge is 0.493 e. The Morgan fingerprint density at radius 2 is 2.10 bits per heavy atom. The van der Waals surface area contributed by atoms with Gasteiger partial charge in [0, 0.05) is 25.7 Å². The summed E-state index contributed by atoms with van der Waals surface area (Å²) >= 11 is 0. The van der Waals surface area contributed by atoms with Crippen molar-refractivity contribution < 1.29 is 19.4 Å². The second-order valence-electron chi connectivity index (χ2n) is 5.21. The summed E-state index contributed by atoms with van der Waals surface area (Å²) in [6.45, 7) is 4.25. The van der Waals surface area contributed by atoms with Gasteiger partial charge >= 0.3 is 5.97 Å². The average molecular weight is 294 g/mol. The molecule has 21 heavy (non-hydrogen) atoms. The van der Waals surface area contributed by atoms with Crippen LogP contribution >= 0.6 is 0 Å². The fourth-order valence-electron chi connectivity index (χ4n) is 2.73. The predicted octanol–water partition coefficient (Wildman–Crippen LogP) is 1.12. The van der Waals surface area contributed by atoms with Gasteiger partial charge in [0.1, 0.15) is 6.04 Å². The molecule has 6 heteroatoms. The monoisotopic (exact) mass is 294 g/mol. The maximum atomic E-state index is 11.7. The summed E-state index contributed by atoms with van der Waals surface area (Å²) in [5, 5.41) is 12.9. The number of piperazine rings is 1. The first kappa shape index (κ1) is 15.6. The molecule has 1 saturated heterocycles. The maximum Gasteiger partial charge on any atom is 0.325 e. The third-order valence-electron chi connectivity index (χ3n) is 3.72. The Kier molecular flexibility index (Phi) is 5.03. The van der Waals surface area contributed by atoms with Crippen molar-refractivity contribution in [2.75, 3.05) is 33.9 Å². The molecule has 2 rings (SSSR count). The second kappa shape index (κ2) is 6.78. The molecule has 0 bridgehead atoms. The number of hydrogen-bond donors (Lipinski definition) is 2. The molecular weight excluding hydrogens is 272 g/mol. The van der Waals surface area contributed by atoms with Crippen LogP contribution in [0.1, 0.15) is 18.5 Å². The summed E-state index contributed by atoms with van der Waals surface area (Å²) in [5.41, 5.74) is 0.703. The minimum absolute atomic E-state index is 0.278. The Balaban J connectivity index is 2.31. The highest BCUT2D eigenvalue weighted by atomic mass is 16.5. The minimum Gasteiger partial charge on any atom is -0.493 e. The molecule has 2 atom stereocenters. The standard InChI is InChI=1S/C15H22N2O4/c1-10-9-17(7-6-16-10)14(15(18)19)11-4-5-12(20-2)13(8-11)21-3/h4-5,8,10,14,16H,6-7,9H2,1-3H3,(H,18,19). The number of benzene rings is 1. The summed E-state index contributed by atoms with van der Waals surface area (Å²) in [6, 6.07) is 4.88. The van der Waals surface area contributed by atoms with Gasteiger partial charge in [-0.05, 0) is 24.6 Å². The summed E-state index contributed by atoms with van der Waals surface area (Å²) < 4.78 is 10.5. The van der Waals surface area contributed by atoms with E-state index >= 15 is 0 Å². The van der Waals surface area contributed by atoms with Crippen molar-refractivity contribution >= 4 is 5.97 Å². The molecule has 2 N–H and O–H groups in total. The number of carbonyl (C=O) groups is 1. The molecule has 0 radical (unpaired) electrons. The summed E-state index contributed by atoms with van der Waals surface area (Å²) in [6.07, 6.45) is 0. The molecule has 6 nitrogen and oxygen atoms in total. The topological polar surface area (TPSA) is 71.0 Å². The minimum atomic E-state index is -0.851. The molecule has 0 aliphatic carbocycles. The number of aliphatic carboxylic acids is 1. The van der Waals surface area contributed by atoms with E-state index in [1.54, 1.807) is 32.4 Å². The Morgan fingerprint density at radius 3 is 2.67 bits per heavy atom. The summed E-state index contributed by atoms with van der Waals surface area (Å²) in [4.78, 5) is 13.7. The molecule has 0 aromatic heterocycles. The third-order valence-corrected chi connectivity index (χ3v) is 3.72. The summed E-state index contributed by atoms with van der Waals surface area (Å²) in [5.74, 6) is 0.292. The van der Waals surface area contributed by atoms with Gasteiger partial charge in [-0.25, -0.2) is 0 Å². The van der Waals surface area contributed by atoms with E-state index in [1.165, 1.54) is 0 Å². The molecule has 1 aromatic rings. The van der Waals surface area contributed by atoms with Crippen LogP contribution in [0.5, 0.6) is 11.5 Å². The number of carboxylic acid groups (broad SMARTS) is 1. The van der Waals surface area contributed by atoms with Gasteiger partial charge in [-0.3, -0.25) is 9.69 Å². The van der Waals surface area contributed by atoms with Crippen molar-refractivity contribution in [1.29, 1.82) is 0 Å². The first-order chi connectivity index (χ1) is 10.1. The van der Waals surface area contributed by atoms with Crippen LogP contribution < -0.4 is 14.8 Å². The van der Waals surface area contributed by atoms with E-state index in [4.69, 9.17) is 9.47 Å². The molecule has 1 aliphatic rings. The van der Waals surface area contributed by atoms with E-state index < -0.39 is 12.0 Å². The van der Waals surface area contributed by atoms with Crippen molar-refractivity contribution in [2.45, 2.75) is 19.0 Å². The summed E-state index contributed by atoms with van der Waals surface area (Å²) in [7, 11) is 3.11. The number of nitrogens with one attached hydrogen (secondary N) is 1. The molecule has 1 aliphatic heterocycles. The highest BCUT2D eigenvalue weighted by Crippen LogP contribution is 2.32. The van der Waals surface area contributed by atoms with Crippen LogP contribution in [-0.4, -0.2) is 55.9 Å². The van der Waals surface area contributed by atoms with E-state index in [9.17, 15) is 9.90 Å². The second-order valence-corrected chi connectivity index (χ2v) is 5.21. The van der Waals surface area contributed by atoms with Gasteiger partial charge in [0.2, 0.25) is 0 Å². The fourth-order valence-corrected chi connectivity index (χ4v) is 2.73. The first-order valence-corrected chi connectivity index (χ1v) is 6.99. The van der Waals surface area contributed by atoms with E-state index in [2.05, 4.69) is 12.2 Å². The maximum absolute atomic E-state index is 11.7. The number of nitrogens with zero attached hydrogens (tertiary/aromatic N) is 1. The first-order valence-electron chi connectivity index (χ1n) is 6.99. The SMILES string of the molecule is COc1ccc(C(C(=O)O)N2CCNC(C)C2)cc1OC. The Hall–Kier alpha value is -1.79. The molecule has 1 fully saturated rings. The molecule has 0 saturated carbocycles. The van der Waals surface area contributed by atoms with Crippen molar-refractivity contribution in [3.63, 3.8) is 0 Å². The number of methoxy groups -OCH3 is 2. The van der Waals surface area contributed by atoms with Crippen molar-refractivity contribution in [3.8, 4) is 11.5 Å². The smallest absolute Gasteiger partial charge is 0.325 e. The third kappa shape index (κ3) is 3.46. The van der Waals surface area contributed by atoms with Gasteiger partial charge in [0.05, 0.1) is 14.2 Å². The van der Waals surface area contributed by atoms with Crippen LogP contribution in [0.3, 0.4) is 0 Å². The number of hydrogen-bond acceptors (Lipinski definition) is 5. The van der Waals surface area contributed by atoms with Gasteiger partial charge in [0.15, 0.2) is 11.5 Å². The fraction of sp³-hybridized carbons (Fsp3) is 0.533. The quantitative estimate of drug-likeness (QED) is 0.848. The van der Waals surface area contributed by atoms with Crippen molar-refractivity contribution in [2.24, 2.45) is 0 Å². The van der Waals surface area contributed by atoms with E-state index in [1.807, 2.05) is 4.90 Å². The van der Waals surface area contributed by atoms with Crippen molar-refractivity contribution in [3.05, 3.63) is 23.8 Å². The van der Waals surface area contributed by atoms with Crippen molar-refractivity contribution in [1.82, 2.24) is 10.2 Å². The van der Waals surface area contributed by atoms with Gasteiger partial charge in [-0.2, -0.15) is 0 Å². The number of rotatable bonds is 5. The number of ether oxygens (including phenoxy) is 2. The van der Waals surface area contributed by atoms with Crippen LogP contribution in [0.25, 0.3) is 0 Å². The Morgan fingerprint density at radius 1 is 1.38 bits per heavy atom. The molecule has 0 spiro atoms. The lowest BCUT2D eigenvalue weighted by atomic mass is 10.0. The predicted molar refractivity (Wildman–Crippen MR) is 79.0 cm³/mol. The Bertz CT molecular complexity index is 506. The molecule has 116 valence electrons. The highest BCUT2D eigenvalue weighted by molar-refractivity contribution is 5.76. The zero-order chi connectivity index (χ0) is 15.4. The van der Waals surface area contributed by atoms with E-state index in [0.717, 1.165) is 6.54 Å². The van der Waals surface area contributed by atoms with Crippen LogP contribution in [-0.2, 0) is 4.79 Å². The lowest BCUT2D eigenvalue weighted by Crippen LogP contribution is -2.51. The molecular formula is C15H22N2O4. The zero-order valence-corrected chi connectivity index (χ0v) is 12.6. The highest BCUT2D eigenvalue weighted by Gasteiger charge is 2.30. The molecule has 1 heterocycles. The zero-order valence-electron chi connectivity index (χ0n) is 12.6. The van der Waals surface area contributed by atoms with Crippen LogP contribution in [0, 0.1) is 0 Å². The van der Waals surface area contributed by atoms with Gasteiger partial charge < -0.3 is 19.9 Å². The normalized spacial score (nSPS) is 20.8. The van der Waals surface area contributed by atoms with Crippen LogP contribution in [0.15, 0.2) is 18.2 Å². The average Bonchev–Trinajstić information content (AvgIpc) is 2.47. The van der Waals surface area contributed by atoms with Gasteiger partial charge in [-0.1, -0.05) is 6.07 Å². The van der Waals surface area contributed by atoms with E-state index in [0.29, 0.717) is 30.2 Å².